The summed E-state index contributed by atoms with van der Waals surface area (Å²) in [4.78, 5) is 11.2. The maximum absolute atomic E-state index is 12.7. The molecule has 0 heterocycles. The van der Waals surface area contributed by atoms with Crippen LogP contribution in [0.15, 0.2) is 53.4 Å². The monoisotopic (exact) mass is 366 g/mol. The molecule has 6 nitrogen and oxygen atoms in total. The van der Waals surface area contributed by atoms with Crippen molar-refractivity contribution in [2.75, 3.05) is 11.9 Å². The predicted octanol–water partition coefficient (Wildman–Crippen LogP) is 2.57. The molecule has 2 aromatic carbocycles. The van der Waals surface area contributed by atoms with E-state index in [9.17, 15) is 22.0 Å². The van der Waals surface area contributed by atoms with E-state index in [4.69, 9.17) is 10.00 Å². The number of nitrogens with one attached hydrogen (secondary N) is 1. The molecule has 2 rings (SSSR count). The van der Waals surface area contributed by atoms with Crippen molar-refractivity contribution < 1.29 is 26.7 Å². The molecular weight excluding hydrogens is 354 g/mol. The molecule has 1 amide bonds. The van der Waals surface area contributed by atoms with E-state index in [1.165, 1.54) is 30.3 Å². The highest BCUT2D eigenvalue weighted by molar-refractivity contribution is 7.91. The molecule has 130 valence electrons. The number of benzene rings is 2. The van der Waals surface area contributed by atoms with Gasteiger partial charge in [0.15, 0.2) is 6.61 Å². The fraction of sp³-hybridized carbons (Fsp3) is 0.125. The summed E-state index contributed by atoms with van der Waals surface area (Å²) in [6.45, 7) is -0.526. The lowest BCUT2D eigenvalue weighted by Gasteiger charge is -2.12. The largest absolute Gasteiger partial charge is 0.482 e. The van der Waals surface area contributed by atoms with Gasteiger partial charge in [-0.3, -0.25) is 4.79 Å². The summed E-state index contributed by atoms with van der Waals surface area (Å²) < 4.78 is 53.9. The van der Waals surface area contributed by atoms with Crippen molar-refractivity contribution in [2.45, 2.75) is 10.7 Å². The third kappa shape index (κ3) is 4.30. The summed E-state index contributed by atoms with van der Waals surface area (Å²) in [7, 11) is -4.86. The smallest absolute Gasteiger partial charge is 0.341 e. The van der Waals surface area contributed by atoms with Crippen LogP contribution in [0.2, 0.25) is 0 Å². The lowest BCUT2D eigenvalue weighted by molar-refractivity contribution is -0.118. The van der Waals surface area contributed by atoms with Crippen molar-refractivity contribution in [1.82, 2.24) is 0 Å². The molecular formula is C16H12F2N2O4S. The lowest BCUT2D eigenvalue weighted by atomic mass is 10.2. The molecule has 1 N–H and O–H groups in total. The number of carbonyl (C=O) groups excluding carboxylic acids is 1. The average molecular weight is 366 g/mol. The molecule has 0 saturated carbocycles. The molecule has 0 aliphatic heterocycles. The van der Waals surface area contributed by atoms with Gasteiger partial charge in [0, 0.05) is 0 Å². The van der Waals surface area contributed by atoms with Crippen molar-refractivity contribution in [3.8, 4) is 11.8 Å². The molecule has 0 unspecified atom stereocenters. The third-order valence-electron chi connectivity index (χ3n) is 3.07. The number of hydrogen-bond acceptors (Lipinski definition) is 5. The van der Waals surface area contributed by atoms with Crippen molar-refractivity contribution in [3.05, 3.63) is 54.1 Å². The van der Waals surface area contributed by atoms with Crippen LogP contribution in [-0.2, 0) is 14.6 Å². The molecule has 0 atom stereocenters. The van der Waals surface area contributed by atoms with Crippen LogP contribution in [-0.4, -0.2) is 26.7 Å². The Kier molecular flexibility index (Phi) is 5.67. The number of ether oxygens (including phenoxy) is 1. The second-order valence-electron chi connectivity index (χ2n) is 4.75. The Balaban J connectivity index is 2.13. The highest BCUT2D eigenvalue weighted by atomic mass is 32.2. The first kappa shape index (κ1) is 18.4. The van der Waals surface area contributed by atoms with E-state index in [2.05, 4.69) is 5.32 Å². The number of rotatable bonds is 6. The topological polar surface area (TPSA) is 96.3 Å². The van der Waals surface area contributed by atoms with E-state index < -0.39 is 33.0 Å². The van der Waals surface area contributed by atoms with Crippen LogP contribution >= 0.6 is 0 Å². The van der Waals surface area contributed by atoms with Gasteiger partial charge in [0.25, 0.3) is 5.91 Å². The fourth-order valence-electron chi connectivity index (χ4n) is 1.93. The molecule has 25 heavy (non-hydrogen) atoms. The first-order valence-corrected chi connectivity index (χ1v) is 8.43. The van der Waals surface area contributed by atoms with Crippen molar-refractivity contribution in [3.63, 3.8) is 0 Å². The zero-order valence-corrected chi connectivity index (χ0v) is 13.5. The van der Waals surface area contributed by atoms with E-state index in [0.29, 0.717) is 0 Å². The maximum atomic E-state index is 12.7. The second-order valence-corrected chi connectivity index (χ2v) is 6.63. The predicted molar refractivity (Wildman–Crippen MR) is 84.9 cm³/mol. The fourth-order valence-corrected chi connectivity index (χ4v) is 2.81. The van der Waals surface area contributed by atoms with Crippen LogP contribution in [0.4, 0.5) is 14.5 Å². The molecule has 0 aliphatic rings. The zero-order valence-electron chi connectivity index (χ0n) is 12.6. The Morgan fingerprint density at radius 2 is 1.80 bits per heavy atom. The van der Waals surface area contributed by atoms with Gasteiger partial charge in [0.1, 0.15) is 11.8 Å². The molecule has 0 bridgehead atoms. The van der Waals surface area contributed by atoms with Gasteiger partial charge in [-0.15, -0.1) is 0 Å². The zero-order chi connectivity index (χ0) is 18.4. The minimum absolute atomic E-state index is 0.175. The number of halogens is 2. The van der Waals surface area contributed by atoms with E-state index in [-0.39, 0.29) is 17.0 Å². The van der Waals surface area contributed by atoms with Crippen molar-refractivity contribution in [1.29, 1.82) is 5.26 Å². The Hall–Kier alpha value is -2.99. The first-order valence-electron chi connectivity index (χ1n) is 6.89. The van der Waals surface area contributed by atoms with Gasteiger partial charge in [-0.1, -0.05) is 24.3 Å². The third-order valence-corrected chi connectivity index (χ3v) is 4.51. The quantitative estimate of drug-likeness (QED) is 0.848. The number of anilines is 1. The van der Waals surface area contributed by atoms with Gasteiger partial charge in [0.2, 0.25) is 9.84 Å². The van der Waals surface area contributed by atoms with Gasteiger partial charge < -0.3 is 10.1 Å². The minimum Gasteiger partial charge on any atom is -0.482 e. The molecule has 0 aromatic heterocycles. The van der Waals surface area contributed by atoms with E-state index in [1.54, 1.807) is 12.1 Å². The number of carbonyl (C=O) groups is 1. The highest BCUT2D eigenvalue weighted by Gasteiger charge is 2.29. The molecule has 2 aromatic rings. The molecule has 0 aliphatic carbocycles. The first-order chi connectivity index (χ1) is 11.9. The number of nitriles is 1. The number of nitrogens with zero attached hydrogens (tertiary/aromatic N) is 1. The summed E-state index contributed by atoms with van der Waals surface area (Å²) in [5.41, 5.74) is -0.0547. The van der Waals surface area contributed by atoms with Crippen molar-refractivity contribution >= 4 is 21.4 Å². The number of hydrogen-bond donors (Lipinski definition) is 1. The molecule has 9 heteroatoms. The van der Waals surface area contributed by atoms with E-state index >= 15 is 0 Å². The lowest BCUT2D eigenvalue weighted by Crippen LogP contribution is -2.22. The number of para-hydroxylation sites is 2. The standard InChI is InChI=1S/C16H12F2N2O4S/c17-16(18)25(22,23)14-8-4-2-6-12(14)20-15(21)10-24-13-7-3-1-5-11(13)9-19/h1-8,16H,10H2,(H,20,21). The maximum Gasteiger partial charge on any atom is 0.341 e. The van der Waals surface area contributed by atoms with E-state index in [0.717, 1.165) is 6.07 Å². The minimum atomic E-state index is -4.86. The Labute approximate surface area is 142 Å². The normalized spacial score (nSPS) is 11.0. The Bertz CT molecular complexity index is 924. The van der Waals surface area contributed by atoms with Gasteiger partial charge in [-0.25, -0.2) is 8.42 Å². The second kappa shape index (κ2) is 7.72. The van der Waals surface area contributed by atoms with Gasteiger partial charge in [-0.2, -0.15) is 14.0 Å². The molecule has 0 fully saturated rings. The van der Waals surface area contributed by atoms with Crippen LogP contribution < -0.4 is 10.1 Å². The Morgan fingerprint density at radius 3 is 2.48 bits per heavy atom. The highest BCUT2D eigenvalue weighted by Crippen LogP contribution is 2.26. The van der Waals surface area contributed by atoms with Crippen molar-refractivity contribution in [2.24, 2.45) is 0 Å². The van der Waals surface area contributed by atoms with Crippen LogP contribution in [0.1, 0.15) is 5.56 Å². The molecule has 0 radical (unpaired) electrons. The number of alkyl halides is 2. The molecule has 0 saturated heterocycles. The van der Waals surface area contributed by atoms with Gasteiger partial charge in [-0.05, 0) is 24.3 Å². The van der Waals surface area contributed by atoms with Crippen LogP contribution in [0.5, 0.6) is 5.75 Å². The summed E-state index contributed by atoms with van der Waals surface area (Å²) in [6, 6.07) is 12.9. The average Bonchev–Trinajstić information content (AvgIpc) is 2.60. The molecule has 0 spiro atoms. The van der Waals surface area contributed by atoms with Crippen LogP contribution in [0, 0.1) is 11.3 Å². The van der Waals surface area contributed by atoms with Gasteiger partial charge in [0.05, 0.1) is 16.1 Å². The number of sulfone groups is 1. The van der Waals surface area contributed by atoms with Gasteiger partial charge >= 0.3 is 5.76 Å². The van der Waals surface area contributed by atoms with Crippen LogP contribution in [0.25, 0.3) is 0 Å². The summed E-state index contributed by atoms with van der Waals surface area (Å²) in [5.74, 6) is -4.19. The number of amides is 1. The van der Waals surface area contributed by atoms with Crippen LogP contribution in [0.3, 0.4) is 0 Å². The SMILES string of the molecule is N#Cc1ccccc1OCC(=O)Nc1ccccc1S(=O)(=O)C(F)F. The summed E-state index contributed by atoms with van der Waals surface area (Å²) >= 11 is 0. The summed E-state index contributed by atoms with van der Waals surface area (Å²) in [6.07, 6.45) is 0. The Morgan fingerprint density at radius 1 is 1.16 bits per heavy atom. The summed E-state index contributed by atoms with van der Waals surface area (Å²) in [5, 5.41) is 11.1. The van der Waals surface area contributed by atoms with E-state index in [1.807, 2.05) is 6.07 Å².